The van der Waals surface area contributed by atoms with Crippen LogP contribution in [0.15, 0.2) is 36.7 Å². The van der Waals surface area contributed by atoms with Crippen molar-refractivity contribution in [2.45, 2.75) is 44.9 Å². The maximum atomic E-state index is 12.8. The lowest BCUT2D eigenvalue weighted by Gasteiger charge is -2.33. The third kappa shape index (κ3) is 3.70. The smallest absolute Gasteiger partial charge is 0.218 e. The minimum absolute atomic E-state index is 0.0740. The summed E-state index contributed by atoms with van der Waals surface area (Å²) >= 11 is 0. The van der Waals surface area contributed by atoms with Gasteiger partial charge in [-0.3, -0.25) is 0 Å². The number of imidazole rings is 1. The lowest BCUT2D eigenvalue weighted by atomic mass is 10.1. The van der Waals surface area contributed by atoms with E-state index in [1.165, 1.54) is 0 Å². The summed E-state index contributed by atoms with van der Waals surface area (Å²) in [6.07, 6.45) is 6.52. The predicted octanol–water partition coefficient (Wildman–Crippen LogP) is 2.92. The highest BCUT2D eigenvalue weighted by Crippen LogP contribution is 2.26. The molecule has 0 radical (unpaired) electrons. The van der Waals surface area contributed by atoms with Crippen molar-refractivity contribution < 1.29 is 8.42 Å². The fourth-order valence-corrected chi connectivity index (χ4v) is 4.94. The third-order valence-corrected chi connectivity index (χ3v) is 6.50. The van der Waals surface area contributed by atoms with E-state index >= 15 is 0 Å². The van der Waals surface area contributed by atoms with Gasteiger partial charge in [-0.2, -0.15) is 4.31 Å². The van der Waals surface area contributed by atoms with Crippen molar-refractivity contribution in [2.75, 3.05) is 13.1 Å². The topological polar surface area (TPSA) is 55.2 Å². The summed E-state index contributed by atoms with van der Waals surface area (Å²) in [4.78, 5) is 4.37. The van der Waals surface area contributed by atoms with Gasteiger partial charge in [-0.15, -0.1) is 0 Å². The molecule has 1 fully saturated rings. The molecule has 3 rings (SSSR count). The van der Waals surface area contributed by atoms with Gasteiger partial charge >= 0.3 is 0 Å². The number of sulfonamides is 1. The number of nitrogens with zero attached hydrogens (tertiary/aromatic N) is 3. The summed E-state index contributed by atoms with van der Waals surface area (Å²) in [5, 5.41) is 0. The fourth-order valence-electron chi connectivity index (χ4n) is 3.34. The number of hydrogen-bond acceptors (Lipinski definition) is 3. The van der Waals surface area contributed by atoms with Crippen LogP contribution in [-0.2, 0) is 22.2 Å². The van der Waals surface area contributed by atoms with Gasteiger partial charge in [0.1, 0.15) is 5.82 Å². The van der Waals surface area contributed by atoms with Crippen LogP contribution in [0.4, 0.5) is 0 Å². The average molecular weight is 347 g/mol. The SMILES string of the molecule is CCc1nccn1C1CCCN(S(=O)(=O)Cc2ccc(C)cc2)C1. The van der Waals surface area contributed by atoms with Gasteiger partial charge in [0.2, 0.25) is 10.0 Å². The molecule has 0 bridgehead atoms. The van der Waals surface area contributed by atoms with Crippen LogP contribution >= 0.6 is 0 Å². The van der Waals surface area contributed by atoms with Crippen molar-refractivity contribution in [1.29, 1.82) is 0 Å². The lowest BCUT2D eigenvalue weighted by Crippen LogP contribution is -2.41. The second kappa shape index (κ2) is 7.07. The van der Waals surface area contributed by atoms with Gasteiger partial charge in [0.05, 0.1) is 5.75 Å². The molecule has 0 saturated carbocycles. The second-order valence-corrected chi connectivity index (χ2v) is 8.47. The first-order valence-electron chi connectivity index (χ1n) is 8.54. The third-order valence-electron chi connectivity index (χ3n) is 4.68. The summed E-state index contributed by atoms with van der Waals surface area (Å²) in [6.45, 7) is 5.23. The van der Waals surface area contributed by atoms with Crippen LogP contribution in [0.1, 0.15) is 42.8 Å². The molecule has 0 aliphatic carbocycles. The number of hydrogen-bond donors (Lipinski definition) is 0. The molecule has 130 valence electrons. The van der Waals surface area contributed by atoms with Crippen molar-refractivity contribution in [1.82, 2.24) is 13.9 Å². The van der Waals surface area contributed by atoms with Crippen LogP contribution in [0.2, 0.25) is 0 Å². The van der Waals surface area contributed by atoms with Crippen LogP contribution < -0.4 is 0 Å². The minimum Gasteiger partial charge on any atom is -0.331 e. The zero-order valence-corrected chi connectivity index (χ0v) is 15.2. The number of aryl methyl sites for hydroxylation is 2. The molecule has 1 aromatic carbocycles. The highest BCUT2D eigenvalue weighted by atomic mass is 32.2. The van der Waals surface area contributed by atoms with E-state index in [-0.39, 0.29) is 11.8 Å². The van der Waals surface area contributed by atoms with E-state index in [4.69, 9.17) is 0 Å². The van der Waals surface area contributed by atoms with Gasteiger partial charge in [0.15, 0.2) is 0 Å². The predicted molar refractivity (Wildman–Crippen MR) is 95.3 cm³/mol. The van der Waals surface area contributed by atoms with E-state index in [0.717, 1.165) is 36.2 Å². The van der Waals surface area contributed by atoms with Gasteiger partial charge in [-0.05, 0) is 25.3 Å². The van der Waals surface area contributed by atoms with Crippen LogP contribution in [0.25, 0.3) is 0 Å². The first kappa shape index (κ1) is 17.2. The Balaban J connectivity index is 1.74. The molecule has 0 spiro atoms. The average Bonchev–Trinajstić information content (AvgIpc) is 3.06. The Morgan fingerprint density at radius 1 is 1.25 bits per heavy atom. The van der Waals surface area contributed by atoms with E-state index in [9.17, 15) is 8.42 Å². The summed E-state index contributed by atoms with van der Waals surface area (Å²) in [7, 11) is -3.29. The number of benzene rings is 1. The Hall–Kier alpha value is -1.66. The first-order valence-corrected chi connectivity index (χ1v) is 10.2. The number of piperidine rings is 1. The molecule has 24 heavy (non-hydrogen) atoms. The Morgan fingerprint density at radius 3 is 2.71 bits per heavy atom. The molecule has 1 aliphatic heterocycles. The summed E-state index contributed by atoms with van der Waals surface area (Å²) < 4.78 is 29.4. The maximum absolute atomic E-state index is 12.8. The monoisotopic (exact) mass is 347 g/mol. The van der Waals surface area contributed by atoms with E-state index in [1.807, 2.05) is 37.4 Å². The van der Waals surface area contributed by atoms with Crippen LogP contribution in [-0.4, -0.2) is 35.4 Å². The van der Waals surface area contributed by atoms with E-state index in [2.05, 4.69) is 16.5 Å². The molecule has 2 aromatic rings. The first-order chi connectivity index (χ1) is 11.5. The Labute approximate surface area is 144 Å². The minimum atomic E-state index is -3.29. The quantitative estimate of drug-likeness (QED) is 0.836. The van der Waals surface area contributed by atoms with Gasteiger partial charge in [-0.25, -0.2) is 13.4 Å². The van der Waals surface area contributed by atoms with Crippen molar-refractivity contribution in [3.63, 3.8) is 0 Å². The molecule has 6 heteroatoms. The second-order valence-electron chi connectivity index (χ2n) is 6.50. The molecule has 0 N–H and O–H groups in total. The zero-order valence-electron chi connectivity index (χ0n) is 14.4. The standard InChI is InChI=1S/C18H25N3O2S/c1-3-18-19-10-12-21(18)17-5-4-11-20(13-17)24(22,23)14-16-8-6-15(2)7-9-16/h6-10,12,17H,3-5,11,13-14H2,1-2H3. The van der Waals surface area contributed by atoms with Gasteiger partial charge in [0, 0.05) is 37.9 Å². The molecule has 1 aromatic heterocycles. The van der Waals surface area contributed by atoms with E-state index < -0.39 is 10.0 Å². The molecular formula is C18H25N3O2S. The number of aromatic nitrogens is 2. The molecular weight excluding hydrogens is 322 g/mol. The Bertz CT molecular complexity index is 781. The molecule has 1 aliphatic rings. The largest absolute Gasteiger partial charge is 0.331 e. The van der Waals surface area contributed by atoms with Crippen LogP contribution in [0, 0.1) is 6.92 Å². The van der Waals surface area contributed by atoms with Crippen LogP contribution in [0.3, 0.4) is 0 Å². The fraction of sp³-hybridized carbons (Fsp3) is 0.500. The van der Waals surface area contributed by atoms with Gasteiger partial charge in [-0.1, -0.05) is 36.8 Å². The van der Waals surface area contributed by atoms with Crippen molar-refractivity contribution in [2.24, 2.45) is 0 Å². The normalized spacial score (nSPS) is 19.5. The highest BCUT2D eigenvalue weighted by molar-refractivity contribution is 7.88. The maximum Gasteiger partial charge on any atom is 0.218 e. The Kier molecular flexibility index (Phi) is 5.06. The Morgan fingerprint density at radius 2 is 2.00 bits per heavy atom. The molecule has 0 amide bonds. The molecule has 1 unspecified atom stereocenters. The molecule has 1 atom stereocenters. The highest BCUT2D eigenvalue weighted by Gasteiger charge is 2.30. The van der Waals surface area contributed by atoms with E-state index in [1.54, 1.807) is 10.5 Å². The van der Waals surface area contributed by atoms with Crippen molar-refractivity contribution in [3.05, 3.63) is 53.6 Å². The van der Waals surface area contributed by atoms with E-state index in [0.29, 0.717) is 13.1 Å². The van der Waals surface area contributed by atoms with Crippen LogP contribution in [0.5, 0.6) is 0 Å². The molecule has 1 saturated heterocycles. The summed E-state index contributed by atoms with van der Waals surface area (Å²) in [6, 6.07) is 7.91. The molecule has 2 heterocycles. The van der Waals surface area contributed by atoms with Crippen molar-refractivity contribution >= 4 is 10.0 Å². The lowest BCUT2D eigenvalue weighted by molar-refractivity contribution is 0.263. The zero-order chi connectivity index (χ0) is 17.2. The van der Waals surface area contributed by atoms with Crippen molar-refractivity contribution in [3.8, 4) is 0 Å². The summed E-state index contributed by atoms with van der Waals surface area (Å²) in [5.74, 6) is 1.10. The number of rotatable bonds is 5. The molecule has 5 nitrogen and oxygen atoms in total. The van der Waals surface area contributed by atoms with Gasteiger partial charge in [0.25, 0.3) is 0 Å². The van der Waals surface area contributed by atoms with Gasteiger partial charge < -0.3 is 4.57 Å². The summed E-state index contributed by atoms with van der Waals surface area (Å²) in [5.41, 5.74) is 1.99.